The maximum absolute atomic E-state index is 15.1. The summed E-state index contributed by atoms with van der Waals surface area (Å²) in [5.41, 5.74) is 9.11. The summed E-state index contributed by atoms with van der Waals surface area (Å²) in [4.78, 5) is 1.78. The average molecular weight is 336 g/mol. The summed E-state index contributed by atoms with van der Waals surface area (Å²) in [6.07, 6.45) is 0. The first-order valence-electron chi connectivity index (χ1n) is 7.71. The van der Waals surface area contributed by atoms with Crippen molar-refractivity contribution in [2.75, 3.05) is 12.8 Å². The topological polar surface area (TPSA) is 106 Å². The predicted molar refractivity (Wildman–Crippen MR) is 92.3 cm³/mol. The Hall–Kier alpha value is -3.32. The summed E-state index contributed by atoms with van der Waals surface area (Å²) in [5, 5.41) is 26.6. The maximum atomic E-state index is 15.1. The molecule has 3 N–H and O–H groups in total. The summed E-state index contributed by atoms with van der Waals surface area (Å²) >= 11 is 0. The number of allylic oxidation sites excluding steroid dienone is 4. The van der Waals surface area contributed by atoms with Gasteiger partial charge in [0.15, 0.2) is 5.82 Å². The van der Waals surface area contributed by atoms with E-state index in [0.717, 1.165) is 0 Å². The molecule has 0 radical (unpaired) electrons. The highest BCUT2D eigenvalue weighted by molar-refractivity contribution is 5.92. The summed E-state index contributed by atoms with van der Waals surface area (Å²) < 4.78 is 15.1. The molecule has 0 saturated heterocycles. The fraction of sp³-hybridized carbons (Fsp3) is 0.278. The molecular formula is C18H17FN6. The number of nitriles is 2. The number of nitrogens with zero attached hydrogens (tertiary/aromatic N) is 4. The van der Waals surface area contributed by atoms with Crippen LogP contribution in [0.2, 0.25) is 0 Å². The summed E-state index contributed by atoms with van der Waals surface area (Å²) in [6.45, 7) is 5.20. The third-order valence-corrected chi connectivity index (χ3v) is 5.01. The van der Waals surface area contributed by atoms with Gasteiger partial charge in [0.2, 0.25) is 0 Å². The highest BCUT2D eigenvalue weighted by atomic mass is 19.1. The van der Waals surface area contributed by atoms with Crippen LogP contribution < -0.4 is 5.73 Å². The number of nitrogen functional groups attached to an aromatic ring is 1. The van der Waals surface area contributed by atoms with Crippen LogP contribution in [0.3, 0.4) is 0 Å². The summed E-state index contributed by atoms with van der Waals surface area (Å²) in [7, 11) is 1.79. The van der Waals surface area contributed by atoms with Crippen LogP contribution in [0.4, 0.5) is 10.2 Å². The number of H-pyrrole nitrogens is 1. The smallest absolute Gasteiger partial charge is 0.153 e. The molecule has 0 unspecified atom stereocenters. The number of rotatable bonds is 1. The minimum atomic E-state index is -0.761. The van der Waals surface area contributed by atoms with Gasteiger partial charge in [-0.2, -0.15) is 15.6 Å². The van der Waals surface area contributed by atoms with Crippen LogP contribution in [0.5, 0.6) is 0 Å². The van der Waals surface area contributed by atoms with E-state index in [9.17, 15) is 10.5 Å². The van der Waals surface area contributed by atoms with Gasteiger partial charge in [0, 0.05) is 35.0 Å². The van der Waals surface area contributed by atoms with E-state index in [0.29, 0.717) is 39.0 Å². The van der Waals surface area contributed by atoms with Crippen molar-refractivity contribution >= 4 is 16.7 Å². The standard InChI is InChI=1S/C18H17FN6/c1-8-16(19)11(5-12-17(8)23-24-18(12)22)15-13(6-20)9(2)25(4)10(3)14(15)7-21/h5,15H,1-4H3,(H3,22,23,24). The van der Waals surface area contributed by atoms with Crippen LogP contribution in [0.25, 0.3) is 10.9 Å². The first-order chi connectivity index (χ1) is 11.8. The Morgan fingerprint density at radius 2 is 1.76 bits per heavy atom. The molecule has 0 saturated carbocycles. The van der Waals surface area contributed by atoms with Crippen molar-refractivity contribution in [1.29, 1.82) is 10.5 Å². The molecule has 0 aliphatic carbocycles. The van der Waals surface area contributed by atoms with E-state index in [4.69, 9.17) is 5.73 Å². The monoisotopic (exact) mass is 336 g/mol. The molecule has 3 rings (SSSR count). The molecule has 1 aliphatic rings. The Kier molecular flexibility index (Phi) is 3.73. The van der Waals surface area contributed by atoms with Crippen LogP contribution in [0.1, 0.15) is 30.9 Å². The zero-order valence-electron chi connectivity index (χ0n) is 14.4. The molecule has 2 heterocycles. The molecule has 0 amide bonds. The summed E-state index contributed by atoms with van der Waals surface area (Å²) in [5.74, 6) is -0.971. The molecule has 1 aromatic carbocycles. The van der Waals surface area contributed by atoms with E-state index in [1.807, 2.05) is 0 Å². The number of anilines is 1. The molecule has 0 atom stereocenters. The predicted octanol–water partition coefficient (Wildman–Crippen LogP) is 3.22. The number of fused-ring (bicyclic) bond motifs is 1. The van der Waals surface area contributed by atoms with Crippen LogP contribution in [0, 0.1) is 35.4 Å². The lowest BCUT2D eigenvalue weighted by Gasteiger charge is -2.33. The Morgan fingerprint density at radius 3 is 2.28 bits per heavy atom. The zero-order valence-corrected chi connectivity index (χ0v) is 14.4. The van der Waals surface area contributed by atoms with E-state index in [-0.39, 0.29) is 11.4 Å². The van der Waals surface area contributed by atoms with Gasteiger partial charge in [0.25, 0.3) is 0 Å². The zero-order chi connectivity index (χ0) is 18.5. The number of benzene rings is 1. The number of hydrogen-bond donors (Lipinski definition) is 2. The van der Waals surface area contributed by atoms with Crippen molar-refractivity contribution in [3.05, 3.63) is 45.6 Å². The van der Waals surface area contributed by atoms with Crippen molar-refractivity contribution in [2.24, 2.45) is 0 Å². The number of nitrogens with two attached hydrogens (primary N) is 1. The minimum Gasteiger partial charge on any atom is -0.382 e. The van der Waals surface area contributed by atoms with Gasteiger partial charge < -0.3 is 10.6 Å². The highest BCUT2D eigenvalue weighted by Gasteiger charge is 2.34. The SMILES string of the molecule is CC1=C(C#N)C(c2cc3c(N)n[nH]c3c(C)c2F)C(C#N)=C(C)N1C. The van der Waals surface area contributed by atoms with Crippen molar-refractivity contribution in [3.63, 3.8) is 0 Å². The molecule has 7 heteroatoms. The second-order valence-corrected chi connectivity index (χ2v) is 6.15. The van der Waals surface area contributed by atoms with Gasteiger partial charge in [-0.3, -0.25) is 5.10 Å². The van der Waals surface area contributed by atoms with Gasteiger partial charge in [0.05, 0.1) is 34.7 Å². The fourth-order valence-electron chi connectivity index (χ4n) is 3.33. The Balaban J connectivity index is 2.39. The molecule has 25 heavy (non-hydrogen) atoms. The molecular weight excluding hydrogens is 319 g/mol. The molecule has 1 aromatic heterocycles. The lowest BCUT2D eigenvalue weighted by molar-refractivity contribution is 0.486. The molecule has 1 aliphatic heterocycles. The van der Waals surface area contributed by atoms with Gasteiger partial charge >= 0.3 is 0 Å². The second-order valence-electron chi connectivity index (χ2n) is 6.15. The van der Waals surface area contributed by atoms with Gasteiger partial charge in [-0.1, -0.05) is 0 Å². The third-order valence-electron chi connectivity index (χ3n) is 5.01. The molecule has 0 fully saturated rings. The number of nitrogens with one attached hydrogen (secondary N) is 1. The van der Waals surface area contributed by atoms with Crippen molar-refractivity contribution in [1.82, 2.24) is 15.1 Å². The fourth-order valence-corrected chi connectivity index (χ4v) is 3.33. The quantitative estimate of drug-likeness (QED) is 0.832. The lowest BCUT2D eigenvalue weighted by Crippen LogP contribution is -2.26. The second kappa shape index (κ2) is 5.64. The van der Waals surface area contributed by atoms with Gasteiger partial charge in [-0.05, 0) is 26.8 Å². The Labute approximate surface area is 144 Å². The maximum Gasteiger partial charge on any atom is 0.153 e. The molecule has 0 bridgehead atoms. The minimum absolute atomic E-state index is 0.255. The average Bonchev–Trinajstić information content (AvgIpc) is 2.97. The van der Waals surface area contributed by atoms with E-state index in [2.05, 4.69) is 22.3 Å². The van der Waals surface area contributed by atoms with E-state index in [1.165, 1.54) is 0 Å². The lowest BCUT2D eigenvalue weighted by atomic mass is 9.80. The first kappa shape index (κ1) is 16.5. The number of aromatic nitrogens is 2. The molecule has 6 nitrogen and oxygen atoms in total. The third kappa shape index (κ3) is 2.17. The largest absolute Gasteiger partial charge is 0.382 e. The Bertz CT molecular complexity index is 1010. The van der Waals surface area contributed by atoms with Crippen molar-refractivity contribution in [2.45, 2.75) is 26.7 Å². The van der Waals surface area contributed by atoms with Gasteiger partial charge in [-0.15, -0.1) is 0 Å². The Morgan fingerprint density at radius 1 is 1.20 bits per heavy atom. The highest BCUT2D eigenvalue weighted by Crippen LogP contribution is 2.43. The van der Waals surface area contributed by atoms with E-state index in [1.54, 1.807) is 38.8 Å². The molecule has 0 spiro atoms. The van der Waals surface area contributed by atoms with Crippen molar-refractivity contribution < 1.29 is 4.39 Å². The van der Waals surface area contributed by atoms with Crippen molar-refractivity contribution in [3.8, 4) is 12.1 Å². The number of hydrogen-bond acceptors (Lipinski definition) is 5. The molecule has 126 valence electrons. The number of aromatic amines is 1. The van der Waals surface area contributed by atoms with Crippen LogP contribution in [-0.2, 0) is 0 Å². The molecule has 2 aromatic rings. The van der Waals surface area contributed by atoms with E-state index >= 15 is 4.39 Å². The van der Waals surface area contributed by atoms with Gasteiger partial charge in [0.1, 0.15) is 5.82 Å². The normalized spacial score (nSPS) is 15.7. The summed E-state index contributed by atoms with van der Waals surface area (Å²) in [6, 6.07) is 5.89. The van der Waals surface area contributed by atoms with E-state index < -0.39 is 11.7 Å². The number of aryl methyl sites for hydroxylation is 1. The van der Waals surface area contributed by atoms with Crippen LogP contribution in [0.15, 0.2) is 28.6 Å². The van der Waals surface area contributed by atoms with Crippen LogP contribution in [-0.4, -0.2) is 22.1 Å². The first-order valence-corrected chi connectivity index (χ1v) is 7.71. The van der Waals surface area contributed by atoms with Crippen LogP contribution >= 0.6 is 0 Å². The number of halogens is 1. The van der Waals surface area contributed by atoms with Gasteiger partial charge in [-0.25, -0.2) is 4.39 Å².